The molecule has 1 aromatic carbocycles. The van der Waals surface area contributed by atoms with Gasteiger partial charge in [0.2, 0.25) is 47.3 Å². The summed E-state index contributed by atoms with van der Waals surface area (Å²) in [5.41, 5.74) is 23.4. The van der Waals surface area contributed by atoms with Crippen LogP contribution in [0.15, 0.2) is 29.3 Å². The van der Waals surface area contributed by atoms with Gasteiger partial charge in [-0.25, -0.2) is 0 Å². The number of ketones is 3. The fourth-order valence-corrected chi connectivity index (χ4v) is 10.8. The van der Waals surface area contributed by atoms with Gasteiger partial charge in [0.05, 0.1) is 25.0 Å². The molecule has 0 spiro atoms. The zero-order chi connectivity index (χ0) is 73.0. The number of carbonyl (C=O) groups is 13. The van der Waals surface area contributed by atoms with Crippen molar-refractivity contribution in [2.45, 2.75) is 229 Å². The SMILES string of the molecule is CC(=O)N[C@H](C(=O)N(C)[C@@H](CCCN=C(N)N)C(=O)N[C@@H](CO)C(=O)C[C@@H](CC(=O)O)C(=O)N[C@H](C(=O)C[C@@H](CC(C)C)C(=O)N[C@H](C(=O)C[C@@H](Cc1ccc(C(C)(C)C)cc1)C(=O)N[C@@H](CCC(=O)O)CC(=O)N[C@H](CCCCN)C(N)=O)C(C)(C)S)C(C)O)C(C)(C)S. The molecule has 1 aromatic rings. The van der Waals surface area contributed by atoms with Crippen molar-refractivity contribution in [2.75, 3.05) is 26.7 Å². The van der Waals surface area contributed by atoms with E-state index in [-0.39, 0.29) is 62.4 Å². The van der Waals surface area contributed by atoms with Crippen LogP contribution in [0.4, 0.5) is 0 Å². The zero-order valence-corrected chi connectivity index (χ0v) is 58.7. The first-order chi connectivity index (χ1) is 43.8. The molecule has 31 heteroatoms. The van der Waals surface area contributed by atoms with Crippen molar-refractivity contribution >= 4 is 108 Å². The summed E-state index contributed by atoms with van der Waals surface area (Å²) >= 11 is 9.16. The van der Waals surface area contributed by atoms with Crippen molar-refractivity contribution in [3.05, 3.63) is 35.4 Å². The van der Waals surface area contributed by atoms with Gasteiger partial charge in [0.25, 0.3) is 0 Å². The first-order valence-corrected chi connectivity index (χ1v) is 32.7. The maximum absolute atomic E-state index is 14.8. The predicted octanol–water partition coefficient (Wildman–Crippen LogP) is 0.242. The van der Waals surface area contributed by atoms with Gasteiger partial charge in [0.1, 0.15) is 36.3 Å². The van der Waals surface area contributed by atoms with Crippen molar-refractivity contribution in [3.63, 3.8) is 0 Å². The summed E-state index contributed by atoms with van der Waals surface area (Å²) in [5, 5.41) is 56.3. The minimum Gasteiger partial charge on any atom is -0.481 e. The van der Waals surface area contributed by atoms with Gasteiger partial charge < -0.3 is 80.2 Å². The van der Waals surface area contributed by atoms with Gasteiger partial charge in [-0.1, -0.05) is 58.9 Å². The Labute approximate surface area is 567 Å². The molecule has 0 aliphatic carbocycles. The molecule has 0 radical (unpaired) electrons. The van der Waals surface area contributed by atoms with Crippen molar-refractivity contribution in [1.82, 2.24) is 36.8 Å². The van der Waals surface area contributed by atoms with Crippen LogP contribution in [0.5, 0.6) is 0 Å². The molecular weight excluding hydrogens is 1270 g/mol. The molecule has 1 unspecified atom stereocenters. The van der Waals surface area contributed by atoms with E-state index in [1.165, 1.54) is 27.8 Å². The highest BCUT2D eigenvalue weighted by atomic mass is 32.1. The van der Waals surface area contributed by atoms with Crippen LogP contribution in [0.3, 0.4) is 0 Å². The summed E-state index contributed by atoms with van der Waals surface area (Å²) in [6, 6.07) is -2.61. The van der Waals surface area contributed by atoms with E-state index >= 15 is 0 Å². The highest BCUT2D eigenvalue weighted by Gasteiger charge is 2.42. The van der Waals surface area contributed by atoms with Gasteiger partial charge in [0.15, 0.2) is 23.3 Å². The number of thiol groups is 2. The number of carboxylic acid groups (broad SMARTS) is 2. The van der Waals surface area contributed by atoms with E-state index in [0.717, 1.165) is 17.4 Å². The molecule has 1 rings (SSSR count). The number of guanidine groups is 1. The number of aliphatic hydroxyl groups excluding tert-OH is 2. The number of primary amides is 1. The number of aliphatic hydroxyl groups is 2. The molecule has 95 heavy (non-hydrogen) atoms. The lowest BCUT2D eigenvalue weighted by Crippen LogP contribution is -2.60. The maximum Gasteiger partial charge on any atom is 0.304 e. The van der Waals surface area contributed by atoms with Gasteiger partial charge in [-0.3, -0.25) is 67.3 Å². The summed E-state index contributed by atoms with van der Waals surface area (Å²) in [7, 11) is 1.26. The number of rotatable bonds is 45. The number of nitrogens with two attached hydrogens (primary N) is 4. The highest BCUT2D eigenvalue weighted by Crippen LogP contribution is 2.28. The number of aliphatic imine (C=N–C) groups is 1. The third kappa shape index (κ3) is 31.9. The molecule has 0 bridgehead atoms. The fraction of sp³-hybridized carbons (Fsp3) is 0.688. The number of aliphatic carboxylic acids is 2. The van der Waals surface area contributed by atoms with Crippen LogP contribution >= 0.6 is 25.3 Å². The minimum absolute atomic E-state index is 0.00155. The van der Waals surface area contributed by atoms with Crippen molar-refractivity contribution in [3.8, 4) is 0 Å². The molecule has 8 amide bonds. The van der Waals surface area contributed by atoms with Crippen molar-refractivity contribution in [2.24, 2.45) is 51.6 Å². The summed E-state index contributed by atoms with van der Waals surface area (Å²) in [6.45, 7) is 17.2. The number of hydrogen-bond acceptors (Lipinski definition) is 19. The molecule has 29 nitrogen and oxygen atoms in total. The number of hydrogen-bond donors (Lipinski definition) is 16. The number of carboxylic acids is 2. The Balaban J connectivity index is 3.69. The average Bonchev–Trinajstić information content (AvgIpc) is 0.839. The third-order valence-electron chi connectivity index (χ3n) is 15.7. The minimum atomic E-state index is -1.83. The highest BCUT2D eigenvalue weighted by molar-refractivity contribution is 7.82. The molecule has 0 heterocycles. The van der Waals surface area contributed by atoms with E-state index in [2.05, 4.69) is 49.5 Å². The van der Waals surface area contributed by atoms with Gasteiger partial charge >= 0.3 is 11.9 Å². The van der Waals surface area contributed by atoms with E-state index in [9.17, 15) is 82.8 Å². The van der Waals surface area contributed by atoms with E-state index in [1.807, 2.05) is 32.9 Å². The van der Waals surface area contributed by atoms with Crippen LogP contribution in [-0.2, 0) is 74.2 Å². The molecule has 0 aliphatic heterocycles. The normalized spacial score (nSPS) is 15.3. The third-order valence-corrected chi connectivity index (χ3v) is 16.2. The van der Waals surface area contributed by atoms with Gasteiger partial charge in [-0.15, -0.1) is 0 Å². The Morgan fingerprint density at radius 3 is 1.65 bits per heavy atom. The topological polar surface area (TPSA) is 495 Å². The quantitative estimate of drug-likeness (QED) is 0.0180. The molecule has 11 atom stereocenters. The second-order valence-corrected chi connectivity index (χ2v) is 29.2. The predicted molar refractivity (Wildman–Crippen MR) is 362 cm³/mol. The summed E-state index contributed by atoms with van der Waals surface area (Å²) < 4.78 is -2.52. The Kier molecular flexibility index (Phi) is 36.4. The molecular formula is C64H106N12O17S2. The second kappa shape index (κ2) is 40.4. The van der Waals surface area contributed by atoms with Crippen LogP contribution < -0.4 is 54.8 Å². The van der Waals surface area contributed by atoms with E-state index < -0.39 is 197 Å². The van der Waals surface area contributed by atoms with Crippen LogP contribution in [0.1, 0.15) is 171 Å². The fourth-order valence-electron chi connectivity index (χ4n) is 10.5. The zero-order valence-electron chi connectivity index (χ0n) is 57.0. The molecule has 536 valence electrons. The summed E-state index contributed by atoms with van der Waals surface area (Å²) in [4.78, 5) is 181. The summed E-state index contributed by atoms with van der Waals surface area (Å²) in [6.07, 6.45) is -4.95. The standard InChI is InChI=1S/C64H106N12O17S2/c1-34(2)26-38(29-47(81)52(35(3)78)74-57(90)40(31-51(86)87)28-46(80)44(33-77)73-59(92)45(17-15-25-69-61(67)68)76(12)60(93)54(64(10,11)95)70-36(4)79)58(91)75-53(63(8,9)94)48(82)30-39(27-37-18-20-41(21-19-37)62(5,6)7)56(89)71-42(22-23-50(84)85)32-49(83)72-43(55(66)88)16-13-14-24-65/h18-21,34-35,38-40,42-45,52-54,77-78,94-95H,13-17,22-33,65H2,1-12H3,(H2,66,88)(H,70,79)(H,71,89)(H,72,83)(H,73,92)(H,74,90)(H,75,91)(H,84,85)(H,86,87)(H4,67,68,69)/t35?,38-,39-,40+,42+,43-,44+,45+,52+,53-,54-/m1/s1. The van der Waals surface area contributed by atoms with E-state index in [1.54, 1.807) is 39.8 Å². The number of nitrogens with one attached hydrogen (secondary N) is 6. The lowest BCUT2D eigenvalue weighted by molar-refractivity contribution is -0.144. The average molecular weight is 1380 g/mol. The van der Waals surface area contributed by atoms with Crippen LogP contribution in [0.2, 0.25) is 0 Å². The van der Waals surface area contributed by atoms with E-state index in [4.69, 9.17) is 35.6 Å². The Morgan fingerprint density at radius 2 is 1.17 bits per heavy atom. The number of carbonyl (C=O) groups excluding carboxylic acids is 11. The maximum atomic E-state index is 14.8. The Morgan fingerprint density at radius 1 is 0.611 bits per heavy atom. The first kappa shape index (κ1) is 85.8. The number of benzene rings is 1. The molecule has 0 saturated heterocycles. The second-order valence-electron chi connectivity index (χ2n) is 26.9. The number of unbranched alkanes of at least 4 members (excludes halogenated alkanes) is 1. The number of amides is 8. The molecule has 18 N–H and O–H groups in total. The smallest absolute Gasteiger partial charge is 0.304 e. The molecule has 0 aromatic heterocycles. The van der Waals surface area contributed by atoms with Crippen LogP contribution in [-0.4, -0.2) is 192 Å². The number of likely N-dealkylation sites (N-methyl/N-ethyl adjacent to an activating group) is 1. The van der Waals surface area contributed by atoms with Gasteiger partial charge in [0, 0.05) is 80.0 Å². The Bertz CT molecular complexity index is 2830. The van der Waals surface area contributed by atoms with Gasteiger partial charge in [-0.05, 0) is 115 Å². The first-order valence-electron chi connectivity index (χ1n) is 31.8. The van der Waals surface area contributed by atoms with Crippen LogP contribution in [0, 0.1) is 23.7 Å². The number of Topliss-reactive ketones (excluding diaryl/α,β-unsaturated/α-hetero) is 3. The van der Waals surface area contributed by atoms with E-state index in [0.29, 0.717) is 24.9 Å². The lowest BCUT2D eigenvalue weighted by Gasteiger charge is -2.36. The monoisotopic (exact) mass is 1380 g/mol. The van der Waals surface area contributed by atoms with Crippen LogP contribution in [0.25, 0.3) is 0 Å². The number of nitrogens with zero attached hydrogens (tertiary/aromatic N) is 2. The largest absolute Gasteiger partial charge is 0.481 e. The lowest BCUT2D eigenvalue weighted by atomic mass is 9.84. The van der Waals surface area contributed by atoms with Gasteiger partial charge in [-0.2, -0.15) is 25.3 Å². The molecule has 0 saturated carbocycles. The van der Waals surface area contributed by atoms with Crippen molar-refractivity contribution < 1.29 is 82.8 Å². The molecule has 0 fully saturated rings. The Hall–Kier alpha value is -7.22. The van der Waals surface area contributed by atoms with Crippen molar-refractivity contribution in [1.29, 1.82) is 0 Å². The molecule has 0 aliphatic rings. The summed E-state index contributed by atoms with van der Waals surface area (Å²) in [5.74, 6) is -16.9.